The highest BCUT2D eigenvalue weighted by atomic mass is 32.2. The molecule has 49 heavy (non-hydrogen) atoms. The number of hydrogen-bond donors (Lipinski definition) is 3. The summed E-state index contributed by atoms with van der Waals surface area (Å²) < 4.78 is 46.9. The van der Waals surface area contributed by atoms with Gasteiger partial charge in [0.1, 0.15) is 11.4 Å². The fourth-order valence-corrected chi connectivity index (χ4v) is 7.33. The van der Waals surface area contributed by atoms with Gasteiger partial charge in [0.25, 0.3) is 15.9 Å². The molecule has 4 rings (SSSR count). The van der Waals surface area contributed by atoms with Crippen molar-refractivity contribution < 1.29 is 42.2 Å². The molecule has 1 aliphatic rings. The minimum atomic E-state index is -4.09. The molecule has 2 heterocycles. The molecule has 0 unspecified atom stereocenters. The van der Waals surface area contributed by atoms with Crippen LogP contribution >= 0.6 is 0 Å². The molecule has 0 bridgehead atoms. The maximum absolute atomic E-state index is 14.4. The lowest BCUT2D eigenvalue weighted by atomic mass is 10.0. The number of carbonyl (C=O) groups excluding carboxylic acids is 1. The van der Waals surface area contributed by atoms with Crippen LogP contribution in [0.3, 0.4) is 0 Å². The van der Waals surface area contributed by atoms with Gasteiger partial charge in [-0.15, -0.1) is 0 Å². The van der Waals surface area contributed by atoms with Crippen molar-refractivity contribution >= 4 is 27.6 Å². The number of aromatic nitrogens is 1. The summed E-state index contributed by atoms with van der Waals surface area (Å²) in [6.07, 6.45) is 1.84. The number of amides is 1. The number of carbonyl (C=O) groups is 2. The Morgan fingerprint density at radius 3 is 2.49 bits per heavy atom. The van der Waals surface area contributed by atoms with Crippen LogP contribution in [0.1, 0.15) is 77.8 Å². The Balaban J connectivity index is 1.63. The maximum atomic E-state index is 14.4. The number of anilines is 1. The van der Waals surface area contributed by atoms with Gasteiger partial charge in [0, 0.05) is 37.8 Å². The zero-order valence-corrected chi connectivity index (χ0v) is 29.8. The quantitative estimate of drug-likeness (QED) is 0.267. The van der Waals surface area contributed by atoms with E-state index in [1.807, 2.05) is 20.9 Å². The first-order chi connectivity index (χ1) is 23.2. The van der Waals surface area contributed by atoms with Crippen molar-refractivity contribution in [3.8, 4) is 5.75 Å². The maximum Gasteiger partial charge on any atom is 0.335 e. The summed E-state index contributed by atoms with van der Waals surface area (Å²) in [4.78, 5) is 29.3. The normalized spacial score (nSPS) is 20.3. The fourth-order valence-electron chi connectivity index (χ4n) is 5.95. The van der Waals surface area contributed by atoms with Crippen molar-refractivity contribution in [3.05, 3.63) is 70.6 Å². The standard InChI is InChI=1S/C35H48N4O9S/c1-22-18-39(23(2)21-40)34(41)30-17-29(37-49(44,45)33-25(4)36-48-26(33)5)14-15-31(30)47-24(3)9-7-8-16-46-32(22)20-38(6)19-27-10-12-28(13-11-27)35(42)43/h10-15,17,22-24,32,37,40H,7-9,16,18-21H2,1-6H3,(H,42,43)/t22-,23-,24-,32-/m0/s1. The summed E-state index contributed by atoms with van der Waals surface area (Å²) >= 11 is 0. The second-order valence-electron chi connectivity index (χ2n) is 13.0. The number of ether oxygens (including phenoxy) is 2. The van der Waals surface area contributed by atoms with E-state index in [9.17, 15) is 28.2 Å². The summed E-state index contributed by atoms with van der Waals surface area (Å²) in [6, 6.07) is 10.8. The van der Waals surface area contributed by atoms with Crippen molar-refractivity contribution in [2.24, 2.45) is 5.92 Å². The number of likely N-dealkylation sites (N-methyl/N-ethyl adjacent to an activating group) is 1. The van der Waals surface area contributed by atoms with E-state index < -0.39 is 27.9 Å². The van der Waals surface area contributed by atoms with E-state index in [2.05, 4.69) is 14.8 Å². The number of aliphatic hydroxyl groups excluding tert-OH is 1. The number of carboxylic acids is 1. The average Bonchev–Trinajstić information content (AvgIpc) is 3.40. The van der Waals surface area contributed by atoms with Gasteiger partial charge in [-0.25, -0.2) is 13.2 Å². The number of aliphatic hydroxyl groups is 1. The van der Waals surface area contributed by atoms with Crippen LogP contribution in [0.4, 0.5) is 5.69 Å². The number of hydrogen-bond acceptors (Lipinski definition) is 10. The van der Waals surface area contributed by atoms with Gasteiger partial charge in [-0.3, -0.25) is 14.4 Å². The summed E-state index contributed by atoms with van der Waals surface area (Å²) in [6.45, 7) is 10.3. The van der Waals surface area contributed by atoms with Gasteiger partial charge in [0.15, 0.2) is 10.7 Å². The van der Waals surface area contributed by atoms with Gasteiger partial charge in [0.05, 0.1) is 36.0 Å². The Labute approximate surface area is 288 Å². The topological polar surface area (TPSA) is 172 Å². The van der Waals surface area contributed by atoms with Crippen molar-refractivity contribution in [2.45, 2.75) is 83.6 Å². The first kappa shape index (κ1) is 37.8. The SMILES string of the molecule is Cc1noc(C)c1S(=O)(=O)Nc1ccc2c(c1)C(=O)N([C@@H](C)CO)C[C@H](C)[C@H](CN(C)Cc1ccc(C(=O)O)cc1)OCCCC[C@H](C)O2. The molecule has 13 nitrogen and oxygen atoms in total. The summed E-state index contributed by atoms with van der Waals surface area (Å²) in [5, 5.41) is 23.2. The highest BCUT2D eigenvalue weighted by Crippen LogP contribution is 2.30. The molecule has 3 aromatic rings. The summed E-state index contributed by atoms with van der Waals surface area (Å²) in [5.74, 6) is -1.10. The number of nitrogens with one attached hydrogen (secondary N) is 1. The minimum absolute atomic E-state index is 0.0681. The number of sulfonamides is 1. The van der Waals surface area contributed by atoms with Gasteiger partial charge < -0.3 is 29.1 Å². The number of aryl methyl sites for hydroxylation is 2. The number of rotatable bonds is 10. The van der Waals surface area contributed by atoms with Crippen molar-refractivity contribution in [1.29, 1.82) is 0 Å². The molecular formula is C35H48N4O9S. The number of fused-ring (bicyclic) bond motifs is 1. The zero-order valence-electron chi connectivity index (χ0n) is 29.0. The number of aromatic carboxylic acids is 1. The Morgan fingerprint density at radius 2 is 1.86 bits per heavy atom. The molecule has 1 aliphatic heterocycles. The van der Waals surface area contributed by atoms with E-state index in [4.69, 9.17) is 14.0 Å². The molecule has 0 spiro atoms. The smallest absolute Gasteiger partial charge is 0.335 e. The monoisotopic (exact) mass is 700 g/mol. The highest BCUT2D eigenvalue weighted by Gasteiger charge is 2.31. The summed E-state index contributed by atoms with van der Waals surface area (Å²) in [5.41, 5.74) is 1.72. The number of carboxylic acid groups (broad SMARTS) is 1. The van der Waals surface area contributed by atoms with Crippen LogP contribution < -0.4 is 9.46 Å². The average molecular weight is 701 g/mol. The van der Waals surface area contributed by atoms with Gasteiger partial charge in [-0.2, -0.15) is 0 Å². The number of benzene rings is 2. The van der Waals surface area contributed by atoms with Gasteiger partial charge >= 0.3 is 5.97 Å². The molecule has 268 valence electrons. The second-order valence-corrected chi connectivity index (χ2v) is 14.6. The minimum Gasteiger partial charge on any atom is -0.490 e. The molecule has 0 fully saturated rings. The third-order valence-corrected chi connectivity index (χ3v) is 10.3. The van der Waals surface area contributed by atoms with Gasteiger partial charge in [0.2, 0.25) is 0 Å². The Kier molecular flexibility index (Phi) is 12.8. The van der Waals surface area contributed by atoms with Crippen LogP contribution in [0, 0.1) is 19.8 Å². The Bertz CT molecular complexity index is 1670. The first-order valence-electron chi connectivity index (χ1n) is 16.5. The molecule has 1 amide bonds. The lowest BCUT2D eigenvalue weighted by Gasteiger charge is -2.36. The van der Waals surface area contributed by atoms with Crippen LogP contribution in [-0.4, -0.2) is 97.1 Å². The first-order valence-corrected chi connectivity index (χ1v) is 18.0. The molecule has 0 radical (unpaired) electrons. The van der Waals surface area contributed by atoms with E-state index in [1.54, 1.807) is 48.2 Å². The van der Waals surface area contributed by atoms with E-state index in [0.717, 1.165) is 18.4 Å². The predicted molar refractivity (Wildman–Crippen MR) is 183 cm³/mol. The Hall–Kier alpha value is -3.98. The third kappa shape index (κ3) is 9.81. The van der Waals surface area contributed by atoms with E-state index in [1.165, 1.54) is 19.9 Å². The zero-order chi connectivity index (χ0) is 35.9. The molecule has 3 N–H and O–H groups in total. The summed E-state index contributed by atoms with van der Waals surface area (Å²) in [7, 11) is -2.12. The lowest BCUT2D eigenvalue weighted by Crippen LogP contribution is -2.47. The molecule has 1 aromatic heterocycles. The fraction of sp³-hybridized carbons (Fsp3) is 0.514. The third-order valence-electron chi connectivity index (χ3n) is 8.69. The van der Waals surface area contributed by atoms with Crippen molar-refractivity contribution in [1.82, 2.24) is 15.0 Å². The lowest BCUT2D eigenvalue weighted by molar-refractivity contribution is -0.0177. The van der Waals surface area contributed by atoms with Crippen LogP contribution in [0.2, 0.25) is 0 Å². The van der Waals surface area contributed by atoms with E-state index in [-0.39, 0.29) is 64.4 Å². The van der Waals surface area contributed by atoms with E-state index in [0.29, 0.717) is 31.9 Å². The number of nitrogens with zero attached hydrogens (tertiary/aromatic N) is 3. The molecule has 0 saturated carbocycles. The van der Waals surface area contributed by atoms with Gasteiger partial charge in [-0.05, 0) is 89.9 Å². The van der Waals surface area contributed by atoms with Gasteiger partial charge in [-0.1, -0.05) is 24.2 Å². The molecule has 14 heteroatoms. The molecule has 4 atom stereocenters. The largest absolute Gasteiger partial charge is 0.490 e. The highest BCUT2D eigenvalue weighted by molar-refractivity contribution is 7.92. The predicted octanol–water partition coefficient (Wildman–Crippen LogP) is 4.72. The van der Waals surface area contributed by atoms with Crippen LogP contribution in [0.25, 0.3) is 0 Å². The second kappa shape index (κ2) is 16.6. The van der Waals surface area contributed by atoms with Crippen LogP contribution in [0.15, 0.2) is 51.9 Å². The van der Waals surface area contributed by atoms with E-state index >= 15 is 0 Å². The van der Waals surface area contributed by atoms with Crippen molar-refractivity contribution in [3.63, 3.8) is 0 Å². The Morgan fingerprint density at radius 1 is 1.14 bits per heavy atom. The van der Waals surface area contributed by atoms with Crippen LogP contribution in [0.5, 0.6) is 5.75 Å². The molecule has 0 aliphatic carbocycles. The molecule has 2 aromatic carbocycles. The van der Waals surface area contributed by atoms with Crippen LogP contribution in [-0.2, 0) is 21.3 Å². The molecular weight excluding hydrogens is 652 g/mol. The van der Waals surface area contributed by atoms with Crippen molar-refractivity contribution in [2.75, 3.05) is 38.1 Å². The molecule has 0 saturated heterocycles.